The Morgan fingerprint density at radius 3 is 3.23 bits per heavy atom. The van der Waals surface area contributed by atoms with E-state index >= 15 is 0 Å². The highest BCUT2D eigenvalue weighted by atomic mass is 32.2. The molecule has 0 saturated heterocycles. The van der Waals surface area contributed by atoms with E-state index in [0.29, 0.717) is 4.77 Å². The van der Waals surface area contributed by atoms with Crippen LogP contribution in [0.4, 0.5) is 5.82 Å². The molecule has 0 radical (unpaired) electrons. The monoisotopic (exact) mass is 213 g/mol. The van der Waals surface area contributed by atoms with Gasteiger partial charge < -0.3 is 10.3 Å². The molecule has 0 amide bonds. The lowest BCUT2D eigenvalue weighted by atomic mass is 10.1. The molecule has 0 fully saturated rings. The summed E-state index contributed by atoms with van der Waals surface area (Å²) in [4.78, 5) is 7.39. The van der Waals surface area contributed by atoms with Crippen LogP contribution < -0.4 is 5.32 Å². The molecule has 0 unspecified atom stereocenters. The molecule has 2 N–H and O–H groups in total. The lowest BCUT2D eigenvalue weighted by molar-refractivity contribution is 0.960. The van der Waals surface area contributed by atoms with Gasteiger partial charge in [0.1, 0.15) is 5.82 Å². The molecular weight excluding hydrogens is 202 g/mol. The van der Waals surface area contributed by atoms with Gasteiger partial charge in [0.25, 0.3) is 0 Å². The van der Waals surface area contributed by atoms with E-state index in [0.717, 1.165) is 18.0 Å². The van der Waals surface area contributed by atoms with Crippen molar-refractivity contribution in [2.24, 2.45) is 0 Å². The Bertz CT molecular complexity index is 352. The minimum atomic E-state index is 0.575. The van der Waals surface area contributed by atoms with Crippen molar-refractivity contribution in [2.45, 2.75) is 12.2 Å². The van der Waals surface area contributed by atoms with Crippen molar-refractivity contribution in [3.8, 4) is 0 Å². The third-order valence-corrected chi connectivity index (χ3v) is 3.28. The van der Waals surface area contributed by atoms with Gasteiger partial charge in [-0.25, -0.2) is 4.98 Å². The molecule has 0 aliphatic carbocycles. The molecule has 1 aliphatic heterocycles. The second-order valence-electron chi connectivity index (χ2n) is 2.90. The molecule has 2 heterocycles. The van der Waals surface area contributed by atoms with Crippen LogP contribution in [0.15, 0.2) is 0 Å². The van der Waals surface area contributed by atoms with E-state index in [2.05, 4.69) is 15.3 Å². The smallest absolute Gasteiger partial charge is 0.198 e. The van der Waals surface area contributed by atoms with Crippen LogP contribution in [0.3, 0.4) is 0 Å². The molecule has 5 heteroatoms. The maximum absolute atomic E-state index is 5.04. The van der Waals surface area contributed by atoms with Crippen molar-refractivity contribution in [3.05, 3.63) is 16.0 Å². The van der Waals surface area contributed by atoms with Crippen LogP contribution in [0, 0.1) is 4.77 Å². The molecule has 0 atom stereocenters. The fourth-order valence-corrected chi connectivity index (χ4v) is 2.65. The van der Waals surface area contributed by atoms with Crippen LogP contribution >= 0.6 is 24.0 Å². The Kier molecular flexibility index (Phi) is 2.55. The SMILES string of the molecule is CNc1nc(=S)[nH]c2c1CCSC2. The second-order valence-corrected chi connectivity index (χ2v) is 4.39. The maximum Gasteiger partial charge on any atom is 0.198 e. The number of H-pyrrole nitrogens is 1. The Balaban J connectivity index is 2.57. The summed E-state index contributed by atoms with van der Waals surface area (Å²) >= 11 is 6.97. The van der Waals surface area contributed by atoms with Crippen molar-refractivity contribution >= 4 is 29.8 Å². The lowest BCUT2D eigenvalue weighted by Crippen LogP contribution is -2.10. The molecule has 1 aromatic rings. The lowest BCUT2D eigenvalue weighted by Gasteiger charge is -2.17. The van der Waals surface area contributed by atoms with Crippen molar-refractivity contribution in [1.82, 2.24) is 9.97 Å². The standard InChI is InChI=1S/C8H11N3S2/c1-9-7-5-2-3-13-4-6(5)10-8(12)11-7/h2-4H2,1H3,(H2,9,10,11,12). The average Bonchev–Trinajstić information content (AvgIpc) is 2.16. The van der Waals surface area contributed by atoms with E-state index in [4.69, 9.17) is 12.2 Å². The van der Waals surface area contributed by atoms with Crippen LogP contribution in [-0.4, -0.2) is 22.8 Å². The van der Waals surface area contributed by atoms with Crippen molar-refractivity contribution in [3.63, 3.8) is 0 Å². The first-order valence-electron chi connectivity index (χ1n) is 4.19. The Labute approximate surface area is 86.4 Å². The van der Waals surface area contributed by atoms with Gasteiger partial charge in [0.15, 0.2) is 4.77 Å². The van der Waals surface area contributed by atoms with Gasteiger partial charge in [-0.1, -0.05) is 0 Å². The number of aromatic amines is 1. The van der Waals surface area contributed by atoms with E-state index in [9.17, 15) is 0 Å². The van der Waals surface area contributed by atoms with Crippen LogP contribution in [0.2, 0.25) is 0 Å². The van der Waals surface area contributed by atoms with Crippen LogP contribution in [0.5, 0.6) is 0 Å². The summed E-state index contributed by atoms with van der Waals surface area (Å²) in [7, 11) is 1.89. The van der Waals surface area contributed by atoms with E-state index in [1.54, 1.807) is 0 Å². The largest absolute Gasteiger partial charge is 0.373 e. The maximum atomic E-state index is 5.04. The van der Waals surface area contributed by atoms with Gasteiger partial charge in [-0.15, -0.1) is 0 Å². The zero-order valence-corrected chi connectivity index (χ0v) is 9.02. The van der Waals surface area contributed by atoms with Gasteiger partial charge in [-0.2, -0.15) is 11.8 Å². The van der Waals surface area contributed by atoms with E-state index in [-0.39, 0.29) is 0 Å². The molecule has 70 valence electrons. The molecule has 0 bridgehead atoms. The minimum Gasteiger partial charge on any atom is -0.373 e. The Morgan fingerprint density at radius 2 is 2.46 bits per heavy atom. The first kappa shape index (κ1) is 9.02. The minimum absolute atomic E-state index is 0.575. The summed E-state index contributed by atoms with van der Waals surface area (Å²) in [5.74, 6) is 3.14. The predicted octanol–water partition coefficient (Wildman–Crippen LogP) is 1.97. The molecule has 2 rings (SSSR count). The number of nitrogens with zero attached hydrogens (tertiary/aromatic N) is 1. The molecule has 0 saturated carbocycles. The van der Waals surface area contributed by atoms with Gasteiger partial charge in [0.2, 0.25) is 0 Å². The zero-order valence-electron chi connectivity index (χ0n) is 7.39. The molecule has 3 nitrogen and oxygen atoms in total. The molecular formula is C8H11N3S2. The highest BCUT2D eigenvalue weighted by Gasteiger charge is 2.14. The summed E-state index contributed by atoms with van der Waals surface area (Å²) in [6.07, 6.45) is 1.08. The van der Waals surface area contributed by atoms with Crippen LogP contribution in [0.1, 0.15) is 11.3 Å². The highest BCUT2D eigenvalue weighted by molar-refractivity contribution is 7.98. The number of fused-ring (bicyclic) bond motifs is 1. The summed E-state index contributed by atoms with van der Waals surface area (Å²) in [5, 5.41) is 3.09. The predicted molar refractivity (Wildman–Crippen MR) is 58.8 cm³/mol. The van der Waals surface area contributed by atoms with E-state index in [1.807, 2.05) is 18.8 Å². The fourth-order valence-electron chi connectivity index (χ4n) is 1.49. The number of hydrogen-bond donors (Lipinski definition) is 2. The number of nitrogens with one attached hydrogen (secondary N) is 2. The molecule has 0 spiro atoms. The quantitative estimate of drug-likeness (QED) is 0.700. The van der Waals surface area contributed by atoms with Gasteiger partial charge in [0, 0.05) is 24.1 Å². The van der Waals surface area contributed by atoms with Crippen molar-refractivity contribution < 1.29 is 0 Å². The number of aromatic nitrogens is 2. The second kappa shape index (κ2) is 3.67. The van der Waals surface area contributed by atoms with Crippen molar-refractivity contribution in [1.29, 1.82) is 0 Å². The summed E-state index contributed by atoms with van der Waals surface area (Å²) in [5.41, 5.74) is 2.54. The Hall–Kier alpha value is -0.550. The number of hydrogen-bond acceptors (Lipinski definition) is 4. The van der Waals surface area contributed by atoms with Crippen LogP contribution in [0.25, 0.3) is 0 Å². The van der Waals surface area contributed by atoms with Crippen molar-refractivity contribution in [2.75, 3.05) is 18.1 Å². The van der Waals surface area contributed by atoms with E-state index < -0.39 is 0 Å². The average molecular weight is 213 g/mol. The van der Waals surface area contributed by atoms with Gasteiger partial charge >= 0.3 is 0 Å². The van der Waals surface area contributed by atoms with Gasteiger partial charge in [0.05, 0.1) is 0 Å². The molecule has 0 aromatic carbocycles. The number of rotatable bonds is 1. The number of anilines is 1. The van der Waals surface area contributed by atoms with Gasteiger partial charge in [-0.05, 0) is 24.4 Å². The first-order chi connectivity index (χ1) is 6.31. The summed E-state index contributed by atoms with van der Waals surface area (Å²) < 4.78 is 0.575. The number of thioether (sulfide) groups is 1. The zero-order chi connectivity index (χ0) is 9.26. The third kappa shape index (κ3) is 1.71. The Morgan fingerprint density at radius 1 is 1.62 bits per heavy atom. The topological polar surface area (TPSA) is 40.7 Å². The van der Waals surface area contributed by atoms with E-state index in [1.165, 1.54) is 17.0 Å². The molecule has 1 aromatic heterocycles. The molecule has 1 aliphatic rings. The first-order valence-corrected chi connectivity index (χ1v) is 5.75. The normalized spacial score (nSPS) is 15.2. The van der Waals surface area contributed by atoms with Gasteiger partial charge in [-0.3, -0.25) is 0 Å². The highest BCUT2D eigenvalue weighted by Crippen LogP contribution is 2.26. The van der Waals surface area contributed by atoms with Crippen LogP contribution in [-0.2, 0) is 12.2 Å². The fraction of sp³-hybridized carbons (Fsp3) is 0.500. The summed E-state index contributed by atoms with van der Waals surface area (Å²) in [6.45, 7) is 0. The molecule has 13 heavy (non-hydrogen) atoms. The summed E-state index contributed by atoms with van der Waals surface area (Å²) in [6, 6.07) is 0. The third-order valence-electron chi connectivity index (χ3n) is 2.10.